The Morgan fingerprint density at radius 1 is 1.45 bits per heavy atom. The minimum Gasteiger partial charge on any atom is -0.461 e. The molecule has 2 aromatic heterocycles. The van der Waals surface area contributed by atoms with Crippen molar-refractivity contribution in [2.24, 2.45) is 7.05 Å². The van der Waals surface area contributed by atoms with E-state index >= 15 is 0 Å². The molecule has 1 N–H and O–H groups in total. The van der Waals surface area contributed by atoms with Gasteiger partial charge in [0.2, 0.25) is 10.0 Å². The predicted octanol–water partition coefficient (Wildman–Crippen LogP) is 2.05. The smallest absolute Gasteiger partial charge is 0.354 e. The highest BCUT2D eigenvalue weighted by Gasteiger charge is 2.24. The van der Waals surface area contributed by atoms with Gasteiger partial charge in [-0.1, -0.05) is 6.07 Å². The fraction of sp³-hybridized carbons (Fsp3) is 0.357. The molecule has 0 aliphatic carbocycles. The zero-order valence-electron chi connectivity index (χ0n) is 12.6. The molecule has 120 valence electrons. The number of hydrogen-bond acceptors (Lipinski definition) is 5. The lowest BCUT2D eigenvalue weighted by Crippen LogP contribution is -2.23. The normalized spacial score (nSPS) is 11.6. The second kappa shape index (κ2) is 6.64. The summed E-state index contributed by atoms with van der Waals surface area (Å²) in [4.78, 5) is 12.9. The SMILES string of the molecule is CCOC(=O)c1cc(S(=O)(=O)NCc2cccs2)c(C)n1C. The third-order valence-electron chi connectivity index (χ3n) is 3.28. The second-order valence-electron chi connectivity index (χ2n) is 4.66. The van der Waals surface area contributed by atoms with Crippen LogP contribution in [0.2, 0.25) is 0 Å². The van der Waals surface area contributed by atoms with Crippen molar-refractivity contribution in [3.8, 4) is 0 Å². The Kier molecular flexibility index (Phi) is 5.05. The van der Waals surface area contributed by atoms with Crippen LogP contribution in [-0.4, -0.2) is 25.6 Å². The molecule has 2 aromatic rings. The van der Waals surface area contributed by atoms with E-state index in [9.17, 15) is 13.2 Å². The third kappa shape index (κ3) is 3.40. The van der Waals surface area contributed by atoms with Gasteiger partial charge >= 0.3 is 5.97 Å². The van der Waals surface area contributed by atoms with E-state index in [-0.39, 0.29) is 23.7 Å². The topological polar surface area (TPSA) is 77.4 Å². The molecular weight excluding hydrogens is 324 g/mol. The monoisotopic (exact) mass is 342 g/mol. The standard InChI is InChI=1S/C14H18N2O4S2/c1-4-20-14(17)12-8-13(10(2)16(12)3)22(18,19)15-9-11-6-5-7-21-11/h5-8,15H,4,9H2,1-3H3. The molecule has 8 heteroatoms. The lowest BCUT2D eigenvalue weighted by atomic mass is 10.4. The maximum Gasteiger partial charge on any atom is 0.354 e. The predicted molar refractivity (Wildman–Crippen MR) is 84.5 cm³/mol. The Labute approximate surface area is 133 Å². The number of aromatic nitrogens is 1. The molecule has 0 saturated carbocycles. The van der Waals surface area contributed by atoms with Crippen molar-refractivity contribution in [3.63, 3.8) is 0 Å². The summed E-state index contributed by atoms with van der Waals surface area (Å²) >= 11 is 1.48. The first-order valence-electron chi connectivity index (χ1n) is 6.72. The van der Waals surface area contributed by atoms with E-state index in [1.54, 1.807) is 20.9 Å². The van der Waals surface area contributed by atoms with Gasteiger partial charge in [-0.2, -0.15) is 0 Å². The summed E-state index contributed by atoms with van der Waals surface area (Å²) in [6, 6.07) is 5.07. The molecule has 2 heterocycles. The van der Waals surface area contributed by atoms with E-state index < -0.39 is 16.0 Å². The second-order valence-corrected chi connectivity index (χ2v) is 7.43. The molecule has 0 unspecified atom stereocenters. The molecule has 2 rings (SSSR count). The molecule has 6 nitrogen and oxygen atoms in total. The van der Waals surface area contributed by atoms with Crippen molar-refractivity contribution < 1.29 is 17.9 Å². The quantitative estimate of drug-likeness (QED) is 0.815. The Balaban J connectivity index is 2.27. The van der Waals surface area contributed by atoms with Gasteiger partial charge in [0, 0.05) is 24.2 Å². The van der Waals surface area contributed by atoms with Crippen LogP contribution < -0.4 is 4.72 Å². The van der Waals surface area contributed by atoms with Crippen molar-refractivity contribution in [2.45, 2.75) is 25.3 Å². The summed E-state index contributed by atoms with van der Waals surface area (Å²) in [6.45, 7) is 3.82. The number of carbonyl (C=O) groups excluding carboxylic acids is 1. The number of nitrogens with one attached hydrogen (secondary N) is 1. The number of carbonyl (C=O) groups is 1. The summed E-state index contributed by atoms with van der Waals surface area (Å²) in [5, 5.41) is 1.89. The van der Waals surface area contributed by atoms with Crippen LogP contribution in [0.3, 0.4) is 0 Å². The number of esters is 1. The highest BCUT2D eigenvalue weighted by Crippen LogP contribution is 2.21. The Bertz CT molecular complexity index is 761. The summed E-state index contributed by atoms with van der Waals surface area (Å²) < 4.78 is 33.9. The van der Waals surface area contributed by atoms with Gasteiger partial charge in [-0.25, -0.2) is 17.9 Å². The van der Waals surface area contributed by atoms with Crippen LogP contribution in [0.4, 0.5) is 0 Å². The first kappa shape index (κ1) is 16.7. The number of hydrogen-bond donors (Lipinski definition) is 1. The van der Waals surface area contributed by atoms with Gasteiger partial charge in [0.15, 0.2) is 0 Å². The van der Waals surface area contributed by atoms with Crippen LogP contribution in [0.15, 0.2) is 28.5 Å². The molecule has 22 heavy (non-hydrogen) atoms. The van der Waals surface area contributed by atoms with Crippen molar-refractivity contribution >= 4 is 27.3 Å². The Hall–Kier alpha value is -1.64. The van der Waals surface area contributed by atoms with E-state index in [1.807, 2.05) is 17.5 Å². The molecule has 0 aliphatic heterocycles. The average molecular weight is 342 g/mol. The molecule has 0 amide bonds. The first-order chi connectivity index (χ1) is 10.4. The molecule has 0 fully saturated rings. The fourth-order valence-electron chi connectivity index (χ4n) is 2.00. The van der Waals surface area contributed by atoms with Crippen LogP contribution in [0.25, 0.3) is 0 Å². The lowest BCUT2D eigenvalue weighted by Gasteiger charge is -2.06. The van der Waals surface area contributed by atoms with Crippen LogP contribution in [0.1, 0.15) is 28.0 Å². The molecular formula is C14H18N2O4S2. The molecule has 0 bridgehead atoms. The summed E-state index contributed by atoms with van der Waals surface area (Å²) in [6.07, 6.45) is 0. The minimum absolute atomic E-state index is 0.0922. The summed E-state index contributed by atoms with van der Waals surface area (Å²) in [5.74, 6) is -0.534. The Morgan fingerprint density at radius 2 is 2.18 bits per heavy atom. The molecule has 0 atom stereocenters. The summed E-state index contributed by atoms with van der Waals surface area (Å²) in [7, 11) is -2.05. The number of nitrogens with zero attached hydrogens (tertiary/aromatic N) is 1. The number of rotatable bonds is 6. The van der Waals surface area contributed by atoms with E-state index in [0.29, 0.717) is 5.69 Å². The van der Waals surface area contributed by atoms with E-state index in [2.05, 4.69) is 4.72 Å². The van der Waals surface area contributed by atoms with E-state index in [4.69, 9.17) is 4.74 Å². The third-order valence-corrected chi connectivity index (χ3v) is 5.67. The average Bonchev–Trinajstić information content (AvgIpc) is 3.07. The van der Waals surface area contributed by atoms with Crippen LogP contribution in [0.5, 0.6) is 0 Å². The van der Waals surface area contributed by atoms with Gasteiger partial charge in [-0.15, -0.1) is 11.3 Å². The van der Waals surface area contributed by atoms with Crippen LogP contribution in [-0.2, 0) is 28.4 Å². The van der Waals surface area contributed by atoms with Crippen molar-refractivity contribution in [1.29, 1.82) is 0 Å². The highest BCUT2D eigenvalue weighted by molar-refractivity contribution is 7.89. The lowest BCUT2D eigenvalue weighted by molar-refractivity contribution is 0.0515. The zero-order valence-corrected chi connectivity index (χ0v) is 14.3. The van der Waals surface area contributed by atoms with Crippen molar-refractivity contribution in [2.75, 3.05) is 6.61 Å². The van der Waals surface area contributed by atoms with Gasteiger partial charge in [0.1, 0.15) is 10.6 Å². The first-order valence-corrected chi connectivity index (χ1v) is 9.08. The molecule has 0 spiro atoms. The van der Waals surface area contributed by atoms with Gasteiger partial charge in [0.05, 0.1) is 6.61 Å². The molecule has 0 radical (unpaired) electrons. The minimum atomic E-state index is -3.69. The van der Waals surface area contributed by atoms with Crippen molar-refractivity contribution in [1.82, 2.24) is 9.29 Å². The zero-order chi connectivity index (χ0) is 16.3. The summed E-state index contributed by atoms with van der Waals surface area (Å²) in [5.41, 5.74) is 0.706. The van der Waals surface area contributed by atoms with E-state index in [1.165, 1.54) is 22.0 Å². The molecule has 0 aliphatic rings. The van der Waals surface area contributed by atoms with Crippen LogP contribution in [0, 0.1) is 6.92 Å². The maximum absolute atomic E-state index is 12.4. The van der Waals surface area contributed by atoms with Gasteiger partial charge < -0.3 is 9.30 Å². The Morgan fingerprint density at radius 3 is 2.77 bits per heavy atom. The highest BCUT2D eigenvalue weighted by atomic mass is 32.2. The van der Waals surface area contributed by atoms with E-state index in [0.717, 1.165) is 4.88 Å². The largest absolute Gasteiger partial charge is 0.461 e. The van der Waals surface area contributed by atoms with Crippen LogP contribution >= 0.6 is 11.3 Å². The molecule has 0 aromatic carbocycles. The van der Waals surface area contributed by atoms with Gasteiger partial charge in [-0.05, 0) is 31.4 Å². The van der Waals surface area contributed by atoms with Gasteiger partial charge in [0.25, 0.3) is 0 Å². The number of thiophene rings is 1. The fourth-order valence-corrected chi connectivity index (χ4v) is 4.03. The maximum atomic E-state index is 12.4. The van der Waals surface area contributed by atoms with Crippen molar-refractivity contribution in [3.05, 3.63) is 39.8 Å². The number of sulfonamides is 1. The molecule has 0 saturated heterocycles. The number of ether oxygens (including phenoxy) is 1. The van der Waals surface area contributed by atoms with Gasteiger partial charge in [-0.3, -0.25) is 0 Å².